The van der Waals surface area contributed by atoms with Gasteiger partial charge in [-0.1, -0.05) is 11.6 Å². The second-order valence-electron chi connectivity index (χ2n) is 2.92. The molecule has 0 aliphatic rings. The van der Waals surface area contributed by atoms with Gasteiger partial charge in [-0.15, -0.1) is 11.3 Å². The summed E-state index contributed by atoms with van der Waals surface area (Å²) in [5.41, 5.74) is 1.73. The number of hydrogen-bond acceptors (Lipinski definition) is 2. The molecule has 0 aliphatic heterocycles. The SMILES string of the molecule is Cc1csc(-c2ccc(F)cc2Cl)n1. The van der Waals surface area contributed by atoms with Crippen LogP contribution in [-0.2, 0) is 0 Å². The molecule has 0 unspecified atom stereocenters. The van der Waals surface area contributed by atoms with Gasteiger partial charge in [-0.25, -0.2) is 9.37 Å². The van der Waals surface area contributed by atoms with Crippen LogP contribution in [0.2, 0.25) is 5.02 Å². The summed E-state index contributed by atoms with van der Waals surface area (Å²) in [6.07, 6.45) is 0. The fourth-order valence-corrected chi connectivity index (χ4v) is 2.29. The number of nitrogens with zero attached hydrogens (tertiary/aromatic N) is 1. The fourth-order valence-electron chi connectivity index (χ4n) is 1.14. The molecule has 0 atom stereocenters. The topological polar surface area (TPSA) is 12.9 Å². The summed E-state index contributed by atoms with van der Waals surface area (Å²) in [6.45, 7) is 1.91. The van der Waals surface area contributed by atoms with E-state index in [1.807, 2.05) is 12.3 Å². The highest BCUT2D eigenvalue weighted by Gasteiger charge is 2.07. The van der Waals surface area contributed by atoms with E-state index in [0.717, 1.165) is 16.3 Å². The molecule has 0 saturated heterocycles. The van der Waals surface area contributed by atoms with Crippen molar-refractivity contribution in [1.29, 1.82) is 0 Å². The lowest BCUT2D eigenvalue weighted by Crippen LogP contribution is -1.81. The molecule has 0 bridgehead atoms. The smallest absolute Gasteiger partial charge is 0.125 e. The molecule has 0 saturated carbocycles. The Morgan fingerprint density at radius 2 is 2.21 bits per heavy atom. The van der Waals surface area contributed by atoms with Crippen molar-refractivity contribution >= 4 is 22.9 Å². The van der Waals surface area contributed by atoms with Gasteiger partial charge < -0.3 is 0 Å². The molecule has 4 heteroatoms. The molecule has 1 heterocycles. The Bertz CT molecular complexity index is 467. The number of thiazole rings is 1. The van der Waals surface area contributed by atoms with Crippen LogP contribution in [0.4, 0.5) is 4.39 Å². The number of benzene rings is 1. The van der Waals surface area contributed by atoms with E-state index < -0.39 is 0 Å². The van der Waals surface area contributed by atoms with Gasteiger partial charge in [-0.05, 0) is 25.1 Å². The maximum Gasteiger partial charge on any atom is 0.125 e. The zero-order valence-corrected chi connectivity index (χ0v) is 8.99. The summed E-state index contributed by atoms with van der Waals surface area (Å²) in [7, 11) is 0. The van der Waals surface area contributed by atoms with E-state index in [1.165, 1.54) is 23.5 Å². The van der Waals surface area contributed by atoms with Gasteiger partial charge in [0.15, 0.2) is 0 Å². The molecule has 1 aromatic heterocycles. The first kappa shape index (κ1) is 9.62. The Balaban J connectivity index is 2.52. The van der Waals surface area contributed by atoms with Crippen LogP contribution in [0.5, 0.6) is 0 Å². The molecular formula is C10H7ClFNS. The van der Waals surface area contributed by atoms with Crippen LogP contribution >= 0.6 is 22.9 Å². The van der Waals surface area contributed by atoms with Gasteiger partial charge in [-0.3, -0.25) is 0 Å². The quantitative estimate of drug-likeness (QED) is 0.720. The van der Waals surface area contributed by atoms with Crippen LogP contribution in [0.25, 0.3) is 10.6 Å². The summed E-state index contributed by atoms with van der Waals surface area (Å²) in [6, 6.07) is 4.33. The second kappa shape index (κ2) is 3.67. The third kappa shape index (κ3) is 1.79. The van der Waals surface area contributed by atoms with Crippen molar-refractivity contribution < 1.29 is 4.39 Å². The predicted octanol–water partition coefficient (Wildman–Crippen LogP) is 3.91. The van der Waals surface area contributed by atoms with Crippen molar-refractivity contribution in [3.8, 4) is 10.6 Å². The number of halogens is 2. The first-order valence-electron chi connectivity index (χ1n) is 4.04. The average molecular weight is 228 g/mol. The van der Waals surface area contributed by atoms with E-state index in [-0.39, 0.29) is 5.82 Å². The summed E-state index contributed by atoms with van der Waals surface area (Å²) < 4.78 is 12.8. The largest absolute Gasteiger partial charge is 0.241 e. The van der Waals surface area contributed by atoms with Crippen LogP contribution in [0, 0.1) is 12.7 Å². The van der Waals surface area contributed by atoms with Crippen molar-refractivity contribution in [1.82, 2.24) is 4.98 Å². The maximum atomic E-state index is 12.8. The van der Waals surface area contributed by atoms with Gasteiger partial charge in [0.2, 0.25) is 0 Å². The number of aryl methyl sites for hydroxylation is 1. The van der Waals surface area contributed by atoms with E-state index >= 15 is 0 Å². The first-order chi connectivity index (χ1) is 6.66. The maximum absolute atomic E-state index is 12.8. The first-order valence-corrected chi connectivity index (χ1v) is 5.30. The Morgan fingerprint density at radius 1 is 1.43 bits per heavy atom. The van der Waals surface area contributed by atoms with Crippen LogP contribution in [0.3, 0.4) is 0 Å². The lowest BCUT2D eigenvalue weighted by atomic mass is 10.2. The third-order valence-corrected chi connectivity index (χ3v) is 3.09. The number of rotatable bonds is 1. The Morgan fingerprint density at radius 3 is 2.79 bits per heavy atom. The third-order valence-electron chi connectivity index (χ3n) is 1.78. The molecule has 2 rings (SSSR count). The van der Waals surface area contributed by atoms with Crippen LogP contribution in [0.1, 0.15) is 5.69 Å². The minimum Gasteiger partial charge on any atom is -0.241 e. The molecule has 72 valence electrons. The predicted molar refractivity (Wildman–Crippen MR) is 57.3 cm³/mol. The second-order valence-corrected chi connectivity index (χ2v) is 4.18. The van der Waals surface area contributed by atoms with Crippen LogP contribution < -0.4 is 0 Å². The summed E-state index contributed by atoms with van der Waals surface area (Å²) in [5.74, 6) is -0.327. The Hall–Kier alpha value is -0.930. The summed E-state index contributed by atoms with van der Waals surface area (Å²) in [5, 5.41) is 3.17. The minimum absolute atomic E-state index is 0.327. The molecule has 0 N–H and O–H groups in total. The zero-order chi connectivity index (χ0) is 10.1. The van der Waals surface area contributed by atoms with Gasteiger partial charge in [0.25, 0.3) is 0 Å². The monoisotopic (exact) mass is 227 g/mol. The van der Waals surface area contributed by atoms with E-state index in [4.69, 9.17) is 11.6 Å². The van der Waals surface area contributed by atoms with Crippen molar-refractivity contribution in [3.63, 3.8) is 0 Å². The molecule has 2 aromatic rings. The van der Waals surface area contributed by atoms with Gasteiger partial charge in [0, 0.05) is 16.6 Å². The highest BCUT2D eigenvalue weighted by atomic mass is 35.5. The van der Waals surface area contributed by atoms with Crippen LogP contribution in [0.15, 0.2) is 23.6 Å². The zero-order valence-electron chi connectivity index (χ0n) is 7.42. The number of aromatic nitrogens is 1. The molecule has 1 nitrogen and oxygen atoms in total. The van der Waals surface area contributed by atoms with E-state index in [2.05, 4.69) is 4.98 Å². The standard InChI is InChI=1S/C10H7ClFNS/c1-6-5-14-10(13-6)8-3-2-7(12)4-9(8)11/h2-5H,1H3. The fraction of sp³-hybridized carbons (Fsp3) is 0.100. The average Bonchev–Trinajstić information content (AvgIpc) is 2.51. The van der Waals surface area contributed by atoms with Crippen LogP contribution in [-0.4, -0.2) is 4.98 Å². The lowest BCUT2D eigenvalue weighted by molar-refractivity contribution is 0.628. The van der Waals surface area contributed by atoms with Gasteiger partial charge in [0.05, 0.1) is 5.02 Å². The molecule has 1 aromatic carbocycles. The van der Waals surface area contributed by atoms with E-state index in [1.54, 1.807) is 6.07 Å². The van der Waals surface area contributed by atoms with Crippen molar-refractivity contribution in [2.24, 2.45) is 0 Å². The molecule has 0 spiro atoms. The summed E-state index contributed by atoms with van der Waals surface area (Å²) in [4.78, 5) is 4.28. The Kier molecular flexibility index (Phi) is 2.52. The molecule has 0 amide bonds. The highest BCUT2D eigenvalue weighted by Crippen LogP contribution is 2.30. The molecule has 14 heavy (non-hydrogen) atoms. The van der Waals surface area contributed by atoms with Gasteiger partial charge in [-0.2, -0.15) is 0 Å². The normalized spacial score (nSPS) is 10.5. The minimum atomic E-state index is -0.327. The van der Waals surface area contributed by atoms with Gasteiger partial charge >= 0.3 is 0 Å². The van der Waals surface area contributed by atoms with E-state index in [9.17, 15) is 4.39 Å². The van der Waals surface area contributed by atoms with Crippen molar-refractivity contribution in [2.75, 3.05) is 0 Å². The molecular weight excluding hydrogens is 221 g/mol. The van der Waals surface area contributed by atoms with Crippen molar-refractivity contribution in [2.45, 2.75) is 6.92 Å². The van der Waals surface area contributed by atoms with Crippen molar-refractivity contribution in [3.05, 3.63) is 40.1 Å². The lowest BCUT2D eigenvalue weighted by Gasteiger charge is -1.99. The Labute approximate surface area is 90.2 Å². The molecule has 0 aliphatic carbocycles. The molecule has 0 radical (unpaired) electrons. The highest BCUT2D eigenvalue weighted by molar-refractivity contribution is 7.13. The summed E-state index contributed by atoms with van der Waals surface area (Å²) >= 11 is 7.40. The number of hydrogen-bond donors (Lipinski definition) is 0. The molecule has 0 fully saturated rings. The van der Waals surface area contributed by atoms with Gasteiger partial charge in [0.1, 0.15) is 10.8 Å². The van der Waals surface area contributed by atoms with E-state index in [0.29, 0.717) is 5.02 Å².